The van der Waals surface area contributed by atoms with E-state index in [4.69, 9.17) is 0 Å². The highest BCUT2D eigenvalue weighted by Gasteiger charge is 2.14. The van der Waals surface area contributed by atoms with E-state index < -0.39 is 0 Å². The Labute approximate surface area is 250 Å². The molecule has 4 heteroatoms. The molecule has 0 atom stereocenters. The van der Waals surface area contributed by atoms with Gasteiger partial charge < -0.3 is 0 Å². The van der Waals surface area contributed by atoms with E-state index in [0.29, 0.717) is 11.1 Å². The van der Waals surface area contributed by atoms with Crippen LogP contribution in [0.5, 0.6) is 0 Å². The Kier molecular flexibility index (Phi) is 9.84. The molecule has 0 N–H and O–H groups in total. The molecule has 0 aliphatic carbocycles. The third-order valence-electron chi connectivity index (χ3n) is 6.83. The lowest BCUT2D eigenvalue weighted by atomic mass is 9.86. The number of nitriles is 4. The summed E-state index contributed by atoms with van der Waals surface area (Å²) >= 11 is 0. The van der Waals surface area contributed by atoms with Gasteiger partial charge in [0.05, 0.1) is 0 Å². The smallest absolute Gasteiger partial charge is 0.130 e. The van der Waals surface area contributed by atoms with Crippen molar-refractivity contribution < 1.29 is 0 Å². The molecule has 0 fully saturated rings. The summed E-state index contributed by atoms with van der Waals surface area (Å²) in [6, 6.07) is 28.1. The second-order valence-electron chi connectivity index (χ2n) is 12.1. The molecule has 4 nitrogen and oxygen atoms in total. The lowest BCUT2D eigenvalue weighted by molar-refractivity contribution is 0.590. The van der Waals surface area contributed by atoms with Crippen LogP contribution < -0.4 is 0 Å². The van der Waals surface area contributed by atoms with Crippen molar-refractivity contribution in [2.75, 3.05) is 0 Å². The van der Waals surface area contributed by atoms with Gasteiger partial charge in [0.15, 0.2) is 0 Å². The van der Waals surface area contributed by atoms with Gasteiger partial charge in [-0.1, -0.05) is 114 Å². The summed E-state index contributed by atoms with van der Waals surface area (Å²) < 4.78 is 0. The first kappa shape index (κ1) is 31.1. The van der Waals surface area contributed by atoms with E-state index in [0.717, 1.165) is 22.3 Å². The van der Waals surface area contributed by atoms with Crippen LogP contribution in [0.3, 0.4) is 0 Å². The first-order valence-electron chi connectivity index (χ1n) is 13.7. The molecule has 0 unspecified atom stereocenters. The van der Waals surface area contributed by atoms with Crippen LogP contribution in [0.2, 0.25) is 0 Å². The fourth-order valence-corrected chi connectivity index (χ4v) is 4.26. The molecule has 0 radical (unpaired) electrons. The predicted molar refractivity (Wildman–Crippen MR) is 173 cm³/mol. The fourth-order valence-electron chi connectivity index (χ4n) is 4.26. The van der Waals surface area contributed by atoms with Crippen molar-refractivity contribution in [3.05, 3.63) is 116 Å². The molecule has 0 amide bonds. The van der Waals surface area contributed by atoms with Crippen molar-refractivity contribution in [2.24, 2.45) is 0 Å². The summed E-state index contributed by atoms with van der Waals surface area (Å²) in [5.41, 5.74) is 7.32. The zero-order valence-corrected chi connectivity index (χ0v) is 25.0. The zero-order valence-electron chi connectivity index (χ0n) is 25.0. The molecule has 0 bridgehead atoms. The summed E-state index contributed by atoms with van der Waals surface area (Å²) in [6.45, 7) is 13.0. The van der Waals surface area contributed by atoms with Crippen molar-refractivity contribution in [3.8, 4) is 24.3 Å². The van der Waals surface area contributed by atoms with E-state index in [1.165, 1.54) is 11.1 Å². The number of benzene rings is 3. The number of hydrogen-bond acceptors (Lipinski definition) is 4. The number of rotatable bonds is 6. The second-order valence-corrected chi connectivity index (χ2v) is 12.1. The molecule has 0 aliphatic rings. The minimum Gasteiger partial charge on any atom is -0.192 e. The number of hydrogen-bond donors (Lipinski definition) is 0. The van der Waals surface area contributed by atoms with Gasteiger partial charge in [-0.2, -0.15) is 21.0 Å². The Morgan fingerprint density at radius 2 is 0.786 bits per heavy atom. The largest absolute Gasteiger partial charge is 0.192 e. The van der Waals surface area contributed by atoms with Crippen molar-refractivity contribution in [2.45, 2.75) is 52.4 Å². The van der Waals surface area contributed by atoms with Crippen LogP contribution in [0.25, 0.3) is 36.5 Å². The Morgan fingerprint density at radius 1 is 0.476 bits per heavy atom. The number of nitrogens with zero attached hydrogens (tertiary/aromatic N) is 4. The van der Waals surface area contributed by atoms with E-state index in [1.807, 2.05) is 60.7 Å². The maximum absolute atomic E-state index is 9.46. The van der Waals surface area contributed by atoms with Crippen molar-refractivity contribution in [1.29, 1.82) is 21.0 Å². The maximum Gasteiger partial charge on any atom is 0.130 e. The van der Waals surface area contributed by atoms with Gasteiger partial charge in [-0.15, -0.1) is 0 Å². The van der Waals surface area contributed by atoms with Gasteiger partial charge in [0.2, 0.25) is 0 Å². The Morgan fingerprint density at radius 3 is 1.05 bits per heavy atom. The minimum absolute atomic E-state index is 0.0232. The predicted octanol–water partition coefficient (Wildman–Crippen LogP) is 9.48. The van der Waals surface area contributed by atoms with Gasteiger partial charge >= 0.3 is 0 Å². The second kappa shape index (κ2) is 13.3. The summed E-state index contributed by atoms with van der Waals surface area (Å²) in [5, 5.41) is 37.8. The molecule has 0 saturated heterocycles. The molecule has 3 rings (SSSR count). The first-order valence-corrected chi connectivity index (χ1v) is 13.7. The number of allylic oxidation sites excluding steroid dienone is 2. The summed E-state index contributed by atoms with van der Waals surface area (Å²) in [6.07, 6.45) is 10.9. The van der Waals surface area contributed by atoms with Gasteiger partial charge in [-0.25, -0.2) is 0 Å². The van der Waals surface area contributed by atoms with Crippen LogP contribution in [-0.2, 0) is 10.8 Å². The molecule has 3 aromatic rings. The normalized spacial score (nSPS) is 11.3. The van der Waals surface area contributed by atoms with Crippen molar-refractivity contribution in [1.82, 2.24) is 0 Å². The quantitative estimate of drug-likeness (QED) is 0.227. The van der Waals surface area contributed by atoms with Crippen molar-refractivity contribution >= 4 is 36.5 Å². The van der Waals surface area contributed by atoms with Crippen LogP contribution in [-0.4, -0.2) is 0 Å². The average Bonchev–Trinajstić information content (AvgIpc) is 2.96. The van der Waals surface area contributed by atoms with Crippen molar-refractivity contribution in [3.63, 3.8) is 0 Å². The lowest BCUT2D eigenvalue weighted by Crippen LogP contribution is -2.10. The molecular formula is C38H34N4. The average molecular weight is 547 g/mol. The zero-order chi connectivity index (χ0) is 30.9. The van der Waals surface area contributed by atoms with Gasteiger partial charge in [-0.3, -0.25) is 0 Å². The molecular weight excluding hydrogens is 512 g/mol. The van der Waals surface area contributed by atoms with E-state index in [9.17, 15) is 21.0 Å². The Hall–Kier alpha value is -5.42. The van der Waals surface area contributed by atoms with Gasteiger partial charge in [0.1, 0.15) is 35.4 Å². The molecule has 206 valence electrons. The van der Waals surface area contributed by atoms with Crippen LogP contribution in [0, 0.1) is 45.3 Å². The molecule has 0 heterocycles. The van der Waals surface area contributed by atoms with E-state index in [1.54, 1.807) is 12.2 Å². The highest BCUT2D eigenvalue weighted by molar-refractivity contribution is 5.84. The molecule has 0 aliphatic heterocycles. The SMILES string of the molecule is CC(C)(C)c1ccc(/C=C/c2cc(C=C(C#N)C#N)c(/C=C/c3ccc(C(C)(C)C)cc3)cc2C=C(C#N)C#N)cc1. The molecule has 3 aromatic carbocycles. The molecule has 42 heavy (non-hydrogen) atoms. The minimum atomic E-state index is -0.0232. The fraction of sp³-hybridized carbons (Fsp3) is 0.211. The van der Waals surface area contributed by atoms with Crippen LogP contribution in [0.4, 0.5) is 0 Å². The maximum atomic E-state index is 9.46. The van der Waals surface area contributed by atoms with Gasteiger partial charge in [-0.05, 0) is 79.6 Å². The summed E-state index contributed by atoms with van der Waals surface area (Å²) in [4.78, 5) is 0. The Balaban J connectivity index is 2.17. The molecule has 0 aromatic heterocycles. The first-order chi connectivity index (χ1) is 19.9. The lowest BCUT2D eigenvalue weighted by Gasteiger charge is -2.18. The summed E-state index contributed by atoms with van der Waals surface area (Å²) in [7, 11) is 0. The topological polar surface area (TPSA) is 95.2 Å². The van der Waals surface area contributed by atoms with E-state index in [2.05, 4.69) is 90.1 Å². The molecule has 0 spiro atoms. The highest BCUT2D eigenvalue weighted by Crippen LogP contribution is 2.28. The van der Waals surface area contributed by atoms with Crippen LogP contribution >= 0.6 is 0 Å². The van der Waals surface area contributed by atoms with E-state index >= 15 is 0 Å². The molecule has 0 saturated carbocycles. The van der Waals surface area contributed by atoms with E-state index in [-0.39, 0.29) is 22.0 Å². The monoisotopic (exact) mass is 546 g/mol. The van der Waals surface area contributed by atoms with Crippen LogP contribution in [0.15, 0.2) is 71.8 Å². The third kappa shape index (κ3) is 8.29. The third-order valence-corrected chi connectivity index (χ3v) is 6.83. The summed E-state index contributed by atoms with van der Waals surface area (Å²) in [5.74, 6) is 0. The highest BCUT2D eigenvalue weighted by atomic mass is 14.3. The van der Waals surface area contributed by atoms with Gasteiger partial charge in [0, 0.05) is 0 Å². The Bertz CT molecular complexity index is 1570. The standard InChI is InChI=1S/C38H34N4/c1-37(2,3)35-15-9-27(10-16-35)7-13-31-21-34(20-30(25-41)26-42)32(22-33(31)19-29(23-39)24-40)14-8-28-11-17-36(18-12-28)38(4,5)6/h7-22H,1-6H3/b13-7+,14-8+. The van der Waals surface area contributed by atoms with Crippen LogP contribution in [0.1, 0.15) is 86.1 Å². The van der Waals surface area contributed by atoms with Gasteiger partial charge in [0.25, 0.3) is 0 Å².